The van der Waals surface area contributed by atoms with Crippen LogP contribution in [0.3, 0.4) is 0 Å². The number of hydrogen-bond donors (Lipinski definition) is 1. The Hall–Kier alpha value is -2.62. The Labute approximate surface area is 136 Å². The molecule has 2 aromatic rings. The fourth-order valence-electron chi connectivity index (χ4n) is 2.40. The zero-order chi connectivity index (χ0) is 16.7. The normalized spacial score (nSPS) is 11.7. The van der Waals surface area contributed by atoms with E-state index in [2.05, 4.69) is 0 Å². The standard InChI is InChI=1S/C19H21NO3/c1-15(12-13-18(21)22)19(23)20(17-10-6-3-7-11-17)14-16-8-4-2-5-9-16/h2-11,15H,12-14H2,1H3,(H,21,22). The first kappa shape index (κ1) is 16.7. The van der Waals surface area contributed by atoms with Gasteiger partial charge in [0.15, 0.2) is 0 Å². The largest absolute Gasteiger partial charge is 0.481 e. The zero-order valence-corrected chi connectivity index (χ0v) is 13.2. The summed E-state index contributed by atoms with van der Waals surface area (Å²) in [6.07, 6.45) is 0.340. The van der Waals surface area contributed by atoms with Crippen LogP contribution in [0.15, 0.2) is 60.7 Å². The van der Waals surface area contributed by atoms with E-state index < -0.39 is 5.97 Å². The van der Waals surface area contributed by atoms with E-state index in [1.807, 2.05) is 60.7 Å². The SMILES string of the molecule is CC(CCC(=O)O)C(=O)N(Cc1ccccc1)c1ccccc1. The third kappa shape index (κ3) is 4.95. The Morgan fingerprint density at radius 1 is 1.00 bits per heavy atom. The van der Waals surface area contributed by atoms with Crippen LogP contribution in [0.5, 0.6) is 0 Å². The van der Waals surface area contributed by atoms with E-state index in [1.54, 1.807) is 11.8 Å². The van der Waals surface area contributed by atoms with Gasteiger partial charge in [-0.05, 0) is 24.1 Å². The summed E-state index contributed by atoms with van der Waals surface area (Å²) in [4.78, 5) is 25.2. The topological polar surface area (TPSA) is 57.6 Å². The summed E-state index contributed by atoms with van der Waals surface area (Å²) in [7, 11) is 0. The Morgan fingerprint density at radius 2 is 1.57 bits per heavy atom. The summed E-state index contributed by atoms with van der Waals surface area (Å²) in [5.41, 5.74) is 1.86. The number of anilines is 1. The number of hydrogen-bond acceptors (Lipinski definition) is 2. The molecule has 0 saturated heterocycles. The van der Waals surface area contributed by atoms with E-state index in [-0.39, 0.29) is 18.2 Å². The Kier molecular flexibility index (Phi) is 5.92. The summed E-state index contributed by atoms with van der Waals surface area (Å²) >= 11 is 0. The van der Waals surface area contributed by atoms with Gasteiger partial charge in [-0.3, -0.25) is 9.59 Å². The fraction of sp³-hybridized carbons (Fsp3) is 0.263. The summed E-state index contributed by atoms with van der Waals surface area (Å²) in [6, 6.07) is 19.3. The van der Waals surface area contributed by atoms with Gasteiger partial charge >= 0.3 is 5.97 Å². The molecule has 120 valence electrons. The van der Waals surface area contributed by atoms with Gasteiger partial charge in [0.05, 0.1) is 6.54 Å². The van der Waals surface area contributed by atoms with Gasteiger partial charge in [0.2, 0.25) is 5.91 Å². The molecule has 1 amide bonds. The lowest BCUT2D eigenvalue weighted by molar-refractivity contribution is -0.137. The molecule has 0 aromatic heterocycles. The summed E-state index contributed by atoms with van der Waals surface area (Å²) in [5, 5.41) is 8.81. The monoisotopic (exact) mass is 311 g/mol. The van der Waals surface area contributed by atoms with Gasteiger partial charge in [0.1, 0.15) is 0 Å². The maximum Gasteiger partial charge on any atom is 0.303 e. The van der Waals surface area contributed by atoms with Crippen molar-refractivity contribution in [3.05, 3.63) is 66.2 Å². The Balaban J connectivity index is 2.19. The van der Waals surface area contributed by atoms with Crippen molar-refractivity contribution in [2.24, 2.45) is 5.92 Å². The van der Waals surface area contributed by atoms with Crippen LogP contribution in [0.25, 0.3) is 0 Å². The maximum atomic E-state index is 12.8. The van der Waals surface area contributed by atoms with Crippen molar-refractivity contribution in [3.8, 4) is 0 Å². The van der Waals surface area contributed by atoms with E-state index in [1.165, 1.54) is 0 Å². The first-order valence-corrected chi connectivity index (χ1v) is 7.70. The van der Waals surface area contributed by atoms with Crippen LogP contribution in [-0.2, 0) is 16.1 Å². The van der Waals surface area contributed by atoms with Crippen molar-refractivity contribution in [1.29, 1.82) is 0 Å². The van der Waals surface area contributed by atoms with Gasteiger partial charge in [-0.2, -0.15) is 0 Å². The molecule has 2 rings (SSSR count). The second kappa shape index (κ2) is 8.13. The number of benzene rings is 2. The van der Waals surface area contributed by atoms with Crippen molar-refractivity contribution in [1.82, 2.24) is 0 Å². The quantitative estimate of drug-likeness (QED) is 0.848. The van der Waals surface area contributed by atoms with Crippen LogP contribution in [0.1, 0.15) is 25.3 Å². The van der Waals surface area contributed by atoms with Gasteiger partial charge < -0.3 is 10.0 Å². The minimum absolute atomic E-state index is 0.000866. The lowest BCUT2D eigenvalue weighted by atomic mass is 10.0. The third-order valence-corrected chi connectivity index (χ3v) is 3.73. The first-order chi connectivity index (χ1) is 11.1. The Bertz CT molecular complexity index is 640. The predicted octanol–water partition coefficient (Wildman–Crippen LogP) is 3.72. The molecule has 0 fully saturated rings. The lowest BCUT2D eigenvalue weighted by Gasteiger charge is -2.26. The number of nitrogens with zero attached hydrogens (tertiary/aromatic N) is 1. The lowest BCUT2D eigenvalue weighted by Crippen LogP contribution is -2.35. The molecule has 0 radical (unpaired) electrons. The van der Waals surface area contributed by atoms with Gasteiger partial charge in [0, 0.05) is 18.0 Å². The molecule has 0 spiro atoms. The third-order valence-electron chi connectivity index (χ3n) is 3.73. The molecule has 0 aliphatic heterocycles. The average molecular weight is 311 g/mol. The molecule has 0 heterocycles. The molecule has 0 aliphatic rings. The number of para-hydroxylation sites is 1. The number of carboxylic acids is 1. The highest BCUT2D eigenvalue weighted by molar-refractivity contribution is 5.94. The molecular formula is C19H21NO3. The maximum absolute atomic E-state index is 12.8. The molecule has 2 aromatic carbocycles. The summed E-state index contributed by atoms with van der Waals surface area (Å²) in [6.45, 7) is 2.26. The van der Waals surface area contributed by atoms with Crippen molar-refractivity contribution in [2.75, 3.05) is 4.90 Å². The highest BCUT2D eigenvalue weighted by Gasteiger charge is 2.22. The van der Waals surface area contributed by atoms with E-state index >= 15 is 0 Å². The van der Waals surface area contributed by atoms with Gasteiger partial charge in [-0.1, -0.05) is 55.5 Å². The van der Waals surface area contributed by atoms with E-state index in [0.29, 0.717) is 13.0 Å². The molecular weight excluding hydrogens is 290 g/mol. The molecule has 0 bridgehead atoms. The molecule has 1 atom stereocenters. The number of carbonyl (C=O) groups excluding carboxylic acids is 1. The van der Waals surface area contributed by atoms with Crippen molar-refractivity contribution in [2.45, 2.75) is 26.3 Å². The smallest absolute Gasteiger partial charge is 0.303 e. The number of carboxylic acid groups (broad SMARTS) is 1. The van der Waals surface area contributed by atoms with E-state index in [0.717, 1.165) is 11.3 Å². The van der Waals surface area contributed by atoms with Crippen LogP contribution in [0, 0.1) is 5.92 Å². The highest BCUT2D eigenvalue weighted by Crippen LogP contribution is 2.21. The van der Waals surface area contributed by atoms with E-state index in [9.17, 15) is 9.59 Å². The molecule has 0 aliphatic carbocycles. The number of carbonyl (C=O) groups is 2. The van der Waals surface area contributed by atoms with Gasteiger partial charge in [-0.15, -0.1) is 0 Å². The first-order valence-electron chi connectivity index (χ1n) is 7.70. The van der Waals surface area contributed by atoms with Crippen molar-refractivity contribution in [3.63, 3.8) is 0 Å². The molecule has 4 heteroatoms. The second-order valence-corrected chi connectivity index (χ2v) is 5.58. The van der Waals surface area contributed by atoms with Crippen LogP contribution in [0.2, 0.25) is 0 Å². The Morgan fingerprint density at radius 3 is 2.13 bits per heavy atom. The number of amides is 1. The number of rotatable bonds is 7. The van der Waals surface area contributed by atoms with Crippen LogP contribution < -0.4 is 4.90 Å². The second-order valence-electron chi connectivity index (χ2n) is 5.58. The minimum atomic E-state index is -0.876. The minimum Gasteiger partial charge on any atom is -0.481 e. The molecule has 0 saturated carbocycles. The zero-order valence-electron chi connectivity index (χ0n) is 13.2. The molecule has 4 nitrogen and oxygen atoms in total. The van der Waals surface area contributed by atoms with Crippen LogP contribution >= 0.6 is 0 Å². The van der Waals surface area contributed by atoms with E-state index in [4.69, 9.17) is 5.11 Å². The van der Waals surface area contributed by atoms with Crippen molar-refractivity contribution >= 4 is 17.6 Å². The average Bonchev–Trinajstić information content (AvgIpc) is 2.58. The molecule has 1 N–H and O–H groups in total. The van der Waals surface area contributed by atoms with Crippen LogP contribution in [-0.4, -0.2) is 17.0 Å². The van der Waals surface area contributed by atoms with Crippen molar-refractivity contribution < 1.29 is 14.7 Å². The van der Waals surface area contributed by atoms with Gasteiger partial charge in [-0.25, -0.2) is 0 Å². The van der Waals surface area contributed by atoms with Crippen LogP contribution in [0.4, 0.5) is 5.69 Å². The molecule has 1 unspecified atom stereocenters. The predicted molar refractivity (Wildman–Crippen MR) is 90.1 cm³/mol. The highest BCUT2D eigenvalue weighted by atomic mass is 16.4. The van der Waals surface area contributed by atoms with Gasteiger partial charge in [0.25, 0.3) is 0 Å². The fourth-order valence-corrected chi connectivity index (χ4v) is 2.40. The molecule has 23 heavy (non-hydrogen) atoms. The summed E-state index contributed by atoms with van der Waals surface area (Å²) in [5.74, 6) is -1.27. The summed E-state index contributed by atoms with van der Waals surface area (Å²) < 4.78 is 0. The number of aliphatic carboxylic acids is 1.